The van der Waals surface area contributed by atoms with Gasteiger partial charge in [-0.3, -0.25) is 4.79 Å². The maximum atomic E-state index is 12.9. The van der Waals surface area contributed by atoms with E-state index < -0.39 is 11.7 Å². The number of benzene rings is 1. The molecule has 3 nitrogen and oxygen atoms in total. The van der Waals surface area contributed by atoms with Crippen molar-refractivity contribution in [3.05, 3.63) is 29.3 Å². The van der Waals surface area contributed by atoms with E-state index in [1.54, 1.807) is 6.07 Å². The van der Waals surface area contributed by atoms with Crippen molar-refractivity contribution >= 4 is 11.6 Å². The second-order valence-electron chi connectivity index (χ2n) is 4.18. The minimum absolute atomic E-state index is 0.00319. The van der Waals surface area contributed by atoms with Gasteiger partial charge < -0.3 is 10.6 Å². The molecule has 0 aliphatic carbocycles. The highest BCUT2D eigenvalue weighted by Crippen LogP contribution is 2.41. The average molecular weight is 258 g/mol. The molecular formula is C12H13F3N2O. The normalized spacial score (nSPS) is 15.1. The van der Waals surface area contributed by atoms with Crippen LogP contribution in [-0.2, 0) is 17.4 Å². The van der Waals surface area contributed by atoms with Crippen LogP contribution in [0.1, 0.15) is 17.5 Å². The molecule has 1 heterocycles. The van der Waals surface area contributed by atoms with Crippen LogP contribution in [0.2, 0.25) is 0 Å². The van der Waals surface area contributed by atoms with Crippen molar-refractivity contribution in [2.24, 2.45) is 5.73 Å². The molecule has 0 atom stereocenters. The van der Waals surface area contributed by atoms with Crippen LogP contribution >= 0.6 is 0 Å². The standard InChI is InChI=1S/C12H13F3N2O/c13-12(14,15)9-4-1-3-8-7-10(18)17(11(8)9)6-2-5-16/h1,3-4H,2,5-7,16H2. The zero-order valence-electron chi connectivity index (χ0n) is 9.63. The van der Waals surface area contributed by atoms with E-state index in [4.69, 9.17) is 5.73 Å². The van der Waals surface area contributed by atoms with Crippen molar-refractivity contribution in [1.82, 2.24) is 0 Å². The second-order valence-corrected chi connectivity index (χ2v) is 4.18. The van der Waals surface area contributed by atoms with Crippen LogP contribution in [0.5, 0.6) is 0 Å². The molecule has 2 N–H and O–H groups in total. The van der Waals surface area contributed by atoms with Crippen LogP contribution < -0.4 is 10.6 Å². The third kappa shape index (κ3) is 2.20. The molecule has 98 valence electrons. The maximum Gasteiger partial charge on any atom is 0.418 e. The summed E-state index contributed by atoms with van der Waals surface area (Å²) in [5, 5.41) is 0. The van der Waals surface area contributed by atoms with Gasteiger partial charge in [-0.25, -0.2) is 0 Å². The molecule has 0 saturated carbocycles. The summed E-state index contributed by atoms with van der Waals surface area (Å²) in [5.74, 6) is -0.296. The van der Waals surface area contributed by atoms with Crippen molar-refractivity contribution < 1.29 is 18.0 Å². The molecule has 0 aromatic heterocycles. The summed E-state index contributed by atoms with van der Waals surface area (Å²) >= 11 is 0. The summed E-state index contributed by atoms with van der Waals surface area (Å²) in [7, 11) is 0. The number of anilines is 1. The highest BCUT2D eigenvalue weighted by atomic mass is 19.4. The largest absolute Gasteiger partial charge is 0.418 e. The zero-order valence-corrected chi connectivity index (χ0v) is 9.63. The van der Waals surface area contributed by atoms with E-state index in [0.717, 1.165) is 6.07 Å². The molecule has 0 unspecified atom stereocenters. The fraction of sp³-hybridized carbons (Fsp3) is 0.417. The lowest BCUT2D eigenvalue weighted by Crippen LogP contribution is -2.30. The van der Waals surface area contributed by atoms with E-state index in [-0.39, 0.29) is 24.6 Å². The molecule has 1 aromatic rings. The summed E-state index contributed by atoms with van der Waals surface area (Å²) in [6.45, 7) is 0.572. The van der Waals surface area contributed by atoms with Crippen molar-refractivity contribution in [3.63, 3.8) is 0 Å². The van der Waals surface area contributed by atoms with Crippen molar-refractivity contribution in [1.29, 1.82) is 0 Å². The minimum Gasteiger partial charge on any atom is -0.330 e. The number of amides is 1. The van der Waals surface area contributed by atoms with Gasteiger partial charge >= 0.3 is 6.18 Å². The van der Waals surface area contributed by atoms with Crippen molar-refractivity contribution in [2.45, 2.75) is 19.0 Å². The smallest absolute Gasteiger partial charge is 0.330 e. The van der Waals surface area contributed by atoms with Crippen LogP contribution in [-0.4, -0.2) is 19.0 Å². The lowest BCUT2D eigenvalue weighted by Gasteiger charge is -2.21. The Kier molecular flexibility index (Phi) is 3.30. The number of nitrogens with zero attached hydrogens (tertiary/aromatic N) is 1. The molecule has 0 saturated heterocycles. The van der Waals surface area contributed by atoms with Crippen LogP contribution in [0.15, 0.2) is 18.2 Å². The van der Waals surface area contributed by atoms with Crippen LogP contribution in [0, 0.1) is 0 Å². The molecule has 1 aliphatic heterocycles. The number of hydrogen-bond donors (Lipinski definition) is 1. The molecule has 1 aliphatic rings. The van der Waals surface area contributed by atoms with Gasteiger partial charge in [-0.1, -0.05) is 12.1 Å². The van der Waals surface area contributed by atoms with Gasteiger partial charge in [0.15, 0.2) is 0 Å². The molecule has 0 bridgehead atoms. The number of carbonyl (C=O) groups excluding carboxylic acids is 1. The summed E-state index contributed by atoms with van der Waals surface area (Å²) < 4.78 is 38.7. The number of fused-ring (bicyclic) bond motifs is 1. The third-order valence-electron chi connectivity index (χ3n) is 2.92. The van der Waals surface area contributed by atoms with Gasteiger partial charge in [0, 0.05) is 6.54 Å². The molecule has 2 rings (SSSR count). The molecule has 1 amide bonds. The highest BCUT2D eigenvalue weighted by Gasteiger charge is 2.39. The van der Waals surface area contributed by atoms with Crippen molar-refractivity contribution in [2.75, 3.05) is 18.0 Å². The number of alkyl halides is 3. The Labute approximate surface area is 102 Å². The fourth-order valence-corrected chi connectivity index (χ4v) is 2.15. The van der Waals surface area contributed by atoms with E-state index in [1.165, 1.54) is 11.0 Å². The molecule has 1 aromatic carbocycles. The van der Waals surface area contributed by atoms with E-state index in [0.29, 0.717) is 18.5 Å². The van der Waals surface area contributed by atoms with E-state index in [1.807, 2.05) is 0 Å². The van der Waals surface area contributed by atoms with E-state index in [2.05, 4.69) is 0 Å². The predicted molar refractivity (Wildman–Crippen MR) is 61.2 cm³/mol. The van der Waals surface area contributed by atoms with Crippen LogP contribution in [0.25, 0.3) is 0 Å². The number of nitrogens with two attached hydrogens (primary N) is 1. The molecular weight excluding hydrogens is 245 g/mol. The Morgan fingerprint density at radius 3 is 2.67 bits per heavy atom. The lowest BCUT2D eigenvalue weighted by atomic mass is 10.1. The average Bonchev–Trinajstić information content (AvgIpc) is 2.60. The molecule has 0 radical (unpaired) electrons. The first kappa shape index (κ1) is 12.9. The SMILES string of the molecule is NCCCN1C(=O)Cc2cccc(C(F)(F)F)c21. The van der Waals surface area contributed by atoms with Crippen LogP contribution in [0.4, 0.5) is 18.9 Å². The lowest BCUT2D eigenvalue weighted by molar-refractivity contribution is -0.137. The van der Waals surface area contributed by atoms with E-state index in [9.17, 15) is 18.0 Å². The van der Waals surface area contributed by atoms with Gasteiger partial charge in [0.2, 0.25) is 5.91 Å². The minimum atomic E-state index is -4.45. The first-order valence-electron chi connectivity index (χ1n) is 5.64. The summed E-state index contributed by atoms with van der Waals surface area (Å²) in [4.78, 5) is 12.9. The third-order valence-corrected chi connectivity index (χ3v) is 2.92. The molecule has 18 heavy (non-hydrogen) atoms. The maximum absolute atomic E-state index is 12.9. The quantitative estimate of drug-likeness (QED) is 0.900. The summed E-state index contributed by atoms with van der Waals surface area (Å²) in [6, 6.07) is 3.90. The number of para-hydroxylation sites is 1. The second kappa shape index (κ2) is 4.61. The van der Waals surface area contributed by atoms with Gasteiger partial charge in [-0.15, -0.1) is 0 Å². The van der Waals surface area contributed by atoms with Gasteiger partial charge in [0.25, 0.3) is 0 Å². The molecule has 6 heteroatoms. The fourth-order valence-electron chi connectivity index (χ4n) is 2.15. The Bertz CT molecular complexity index is 471. The Balaban J connectivity index is 2.44. The number of hydrogen-bond acceptors (Lipinski definition) is 2. The van der Waals surface area contributed by atoms with Crippen LogP contribution in [0.3, 0.4) is 0 Å². The topological polar surface area (TPSA) is 46.3 Å². The molecule has 0 fully saturated rings. The zero-order chi connectivity index (χ0) is 13.3. The monoisotopic (exact) mass is 258 g/mol. The number of halogens is 3. The molecule has 0 spiro atoms. The van der Waals surface area contributed by atoms with Crippen molar-refractivity contribution in [3.8, 4) is 0 Å². The Morgan fingerprint density at radius 2 is 2.06 bits per heavy atom. The first-order valence-corrected chi connectivity index (χ1v) is 5.64. The van der Waals surface area contributed by atoms with Gasteiger partial charge in [-0.2, -0.15) is 13.2 Å². The summed E-state index contributed by atoms with van der Waals surface area (Å²) in [5.41, 5.74) is 5.03. The Morgan fingerprint density at radius 1 is 1.33 bits per heavy atom. The van der Waals surface area contributed by atoms with Gasteiger partial charge in [-0.05, 0) is 24.6 Å². The summed E-state index contributed by atoms with van der Waals surface area (Å²) in [6.07, 6.45) is -3.93. The van der Waals surface area contributed by atoms with Gasteiger partial charge in [0.05, 0.1) is 17.7 Å². The predicted octanol–water partition coefficient (Wildman–Crippen LogP) is 1.94. The van der Waals surface area contributed by atoms with Gasteiger partial charge in [0.1, 0.15) is 0 Å². The number of carbonyl (C=O) groups is 1. The number of rotatable bonds is 3. The Hall–Kier alpha value is -1.56. The highest BCUT2D eigenvalue weighted by molar-refractivity contribution is 6.02. The first-order chi connectivity index (χ1) is 8.45. The van der Waals surface area contributed by atoms with E-state index >= 15 is 0 Å².